The Morgan fingerprint density at radius 1 is 1.13 bits per heavy atom. The van der Waals surface area contributed by atoms with E-state index >= 15 is 0 Å². The summed E-state index contributed by atoms with van der Waals surface area (Å²) < 4.78 is 37.1. The molecule has 0 spiro atoms. The molecule has 2 nitrogen and oxygen atoms in total. The Kier molecular flexibility index (Phi) is 2.44. The van der Waals surface area contributed by atoms with E-state index in [0.29, 0.717) is 5.01 Å². The Labute approximate surface area is 87.4 Å². The minimum absolute atomic E-state index is 0.250. The van der Waals surface area contributed by atoms with Crippen LogP contribution >= 0.6 is 11.3 Å². The number of rotatable bonds is 1. The minimum Gasteiger partial charge on any atom is -0.254 e. The SMILES string of the molecule is FC(F)(F)c1ccnc(-c2nccs2)c1. The summed E-state index contributed by atoms with van der Waals surface area (Å²) in [7, 11) is 0. The Hall–Kier alpha value is -1.43. The van der Waals surface area contributed by atoms with Crippen LogP contribution in [0.5, 0.6) is 0 Å². The van der Waals surface area contributed by atoms with Gasteiger partial charge in [0.1, 0.15) is 5.01 Å². The van der Waals surface area contributed by atoms with Gasteiger partial charge in [-0.25, -0.2) is 4.98 Å². The van der Waals surface area contributed by atoms with E-state index in [2.05, 4.69) is 9.97 Å². The highest BCUT2D eigenvalue weighted by atomic mass is 32.1. The van der Waals surface area contributed by atoms with Crippen molar-refractivity contribution in [3.8, 4) is 10.7 Å². The van der Waals surface area contributed by atoms with Gasteiger partial charge in [-0.2, -0.15) is 13.2 Å². The zero-order valence-corrected chi connectivity index (χ0v) is 8.14. The molecule has 2 aromatic heterocycles. The van der Waals surface area contributed by atoms with Crippen LogP contribution in [-0.4, -0.2) is 9.97 Å². The predicted octanol–water partition coefficient (Wildman–Crippen LogP) is 3.22. The van der Waals surface area contributed by atoms with Gasteiger partial charge in [0.25, 0.3) is 0 Å². The fraction of sp³-hybridized carbons (Fsp3) is 0.111. The van der Waals surface area contributed by atoms with Crippen molar-refractivity contribution < 1.29 is 13.2 Å². The highest BCUT2D eigenvalue weighted by molar-refractivity contribution is 7.13. The third-order valence-corrected chi connectivity index (χ3v) is 2.53. The molecule has 2 heterocycles. The molecule has 0 fully saturated rings. The van der Waals surface area contributed by atoms with Gasteiger partial charge in [0, 0.05) is 17.8 Å². The first-order valence-corrected chi connectivity index (χ1v) is 4.88. The van der Waals surface area contributed by atoms with Crippen molar-refractivity contribution in [1.82, 2.24) is 9.97 Å². The maximum atomic E-state index is 12.4. The second-order valence-electron chi connectivity index (χ2n) is 2.76. The maximum absolute atomic E-state index is 12.4. The molecule has 0 saturated carbocycles. The summed E-state index contributed by atoms with van der Waals surface area (Å²) in [5.74, 6) is 0. The minimum atomic E-state index is -4.34. The highest BCUT2D eigenvalue weighted by Crippen LogP contribution is 2.31. The largest absolute Gasteiger partial charge is 0.416 e. The second-order valence-corrected chi connectivity index (χ2v) is 3.66. The number of alkyl halides is 3. The lowest BCUT2D eigenvalue weighted by molar-refractivity contribution is -0.137. The van der Waals surface area contributed by atoms with Crippen LogP contribution in [0.4, 0.5) is 13.2 Å². The fourth-order valence-electron chi connectivity index (χ4n) is 1.07. The van der Waals surface area contributed by atoms with Gasteiger partial charge in [-0.3, -0.25) is 4.98 Å². The number of pyridine rings is 1. The van der Waals surface area contributed by atoms with Crippen molar-refractivity contribution in [3.05, 3.63) is 35.5 Å². The molecule has 15 heavy (non-hydrogen) atoms. The van der Waals surface area contributed by atoms with E-state index in [1.54, 1.807) is 5.38 Å². The maximum Gasteiger partial charge on any atom is 0.416 e. The van der Waals surface area contributed by atoms with Crippen molar-refractivity contribution in [3.63, 3.8) is 0 Å². The average Bonchev–Trinajstić information content (AvgIpc) is 2.69. The molecule has 0 aliphatic rings. The molecule has 0 aromatic carbocycles. The number of hydrogen-bond donors (Lipinski definition) is 0. The van der Waals surface area contributed by atoms with Crippen molar-refractivity contribution in [2.24, 2.45) is 0 Å². The fourth-order valence-corrected chi connectivity index (χ4v) is 1.68. The van der Waals surface area contributed by atoms with Crippen molar-refractivity contribution >= 4 is 11.3 Å². The molecule has 0 aliphatic carbocycles. The van der Waals surface area contributed by atoms with Gasteiger partial charge in [0.2, 0.25) is 0 Å². The van der Waals surface area contributed by atoms with Crippen molar-refractivity contribution in [1.29, 1.82) is 0 Å². The lowest BCUT2D eigenvalue weighted by atomic mass is 10.2. The number of hydrogen-bond acceptors (Lipinski definition) is 3. The Morgan fingerprint density at radius 3 is 2.53 bits per heavy atom. The molecule has 0 radical (unpaired) electrons. The summed E-state index contributed by atoms with van der Waals surface area (Å²) in [6.45, 7) is 0. The lowest BCUT2D eigenvalue weighted by Crippen LogP contribution is -2.05. The number of halogens is 3. The molecule has 0 bridgehead atoms. The quantitative estimate of drug-likeness (QED) is 0.751. The average molecular weight is 230 g/mol. The van der Waals surface area contributed by atoms with E-state index in [1.165, 1.54) is 17.5 Å². The first kappa shape index (κ1) is 10.1. The topological polar surface area (TPSA) is 25.8 Å². The van der Waals surface area contributed by atoms with Crippen molar-refractivity contribution in [2.75, 3.05) is 0 Å². The molecule has 0 N–H and O–H groups in total. The van der Waals surface area contributed by atoms with Gasteiger partial charge in [-0.15, -0.1) is 11.3 Å². The normalized spacial score (nSPS) is 11.7. The Bertz CT molecular complexity index is 451. The number of aromatic nitrogens is 2. The van der Waals surface area contributed by atoms with Crippen molar-refractivity contribution in [2.45, 2.75) is 6.18 Å². The van der Waals surface area contributed by atoms with E-state index in [1.807, 2.05) is 0 Å². The van der Waals surface area contributed by atoms with Gasteiger partial charge < -0.3 is 0 Å². The second kappa shape index (κ2) is 3.62. The first-order chi connectivity index (χ1) is 7.07. The predicted molar refractivity (Wildman–Crippen MR) is 50.3 cm³/mol. The van der Waals surface area contributed by atoms with E-state index in [4.69, 9.17) is 0 Å². The molecular weight excluding hydrogens is 225 g/mol. The molecule has 0 unspecified atom stereocenters. The molecule has 2 rings (SSSR count). The van der Waals surface area contributed by atoms with Gasteiger partial charge in [0.05, 0.1) is 11.3 Å². The van der Waals surface area contributed by atoms with E-state index in [9.17, 15) is 13.2 Å². The summed E-state index contributed by atoms with van der Waals surface area (Å²) in [6, 6.07) is 1.94. The third-order valence-electron chi connectivity index (χ3n) is 1.74. The number of thiazole rings is 1. The van der Waals surface area contributed by atoms with E-state index < -0.39 is 11.7 Å². The molecule has 0 atom stereocenters. The van der Waals surface area contributed by atoms with Crippen LogP contribution < -0.4 is 0 Å². The van der Waals surface area contributed by atoms with Crippen LogP contribution in [0.1, 0.15) is 5.56 Å². The van der Waals surface area contributed by atoms with Gasteiger partial charge in [0.15, 0.2) is 0 Å². The third kappa shape index (κ3) is 2.15. The first-order valence-electron chi connectivity index (χ1n) is 4.00. The monoisotopic (exact) mass is 230 g/mol. The molecule has 78 valence electrons. The standard InChI is InChI=1S/C9H5F3N2S/c10-9(11,12)6-1-2-13-7(5-6)8-14-3-4-15-8/h1-5H. The van der Waals surface area contributed by atoms with Crippen LogP contribution in [0, 0.1) is 0 Å². The van der Waals surface area contributed by atoms with Crippen LogP contribution in [0.15, 0.2) is 29.9 Å². The van der Waals surface area contributed by atoms with Gasteiger partial charge in [-0.1, -0.05) is 0 Å². The zero-order valence-electron chi connectivity index (χ0n) is 7.32. The summed E-state index contributed by atoms with van der Waals surface area (Å²) in [5, 5.41) is 2.18. The Morgan fingerprint density at radius 2 is 1.93 bits per heavy atom. The van der Waals surface area contributed by atoms with Crippen LogP contribution in [-0.2, 0) is 6.18 Å². The number of nitrogens with zero attached hydrogens (tertiary/aromatic N) is 2. The molecule has 0 saturated heterocycles. The smallest absolute Gasteiger partial charge is 0.254 e. The summed E-state index contributed by atoms with van der Waals surface area (Å²) in [6.07, 6.45) is -1.67. The van der Waals surface area contributed by atoms with Gasteiger partial charge >= 0.3 is 6.18 Å². The summed E-state index contributed by atoms with van der Waals surface area (Å²) in [4.78, 5) is 7.74. The molecule has 0 aliphatic heterocycles. The molecule has 6 heteroatoms. The summed E-state index contributed by atoms with van der Waals surface area (Å²) in [5.41, 5.74) is -0.456. The molecular formula is C9H5F3N2S. The Balaban J connectivity index is 2.44. The van der Waals surface area contributed by atoms with Crippen LogP contribution in [0.2, 0.25) is 0 Å². The van der Waals surface area contributed by atoms with E-state index in [0.717, 1.165) is 18.3 Å². The zero-order chi connectivity index (χ0) is 10.9. The van der Waals surface area contributed by atoms with Crippen LogP contribution in [0.25, 0.3) is 10.7 Å². The molecule has 2 aromatic rings. The van der Waals surface area contributed by atoms with Crippen LogP contribution in [0.3, 0.4) is 0 Å². The molecule has 0 amide bonds. The van der Waals surface area contributed by atoms with Gasteiger partial charge in [-0.05, 0) is 12.1 Å². The highest BCUT2D eigenvalue weighted by Gasteiger charge is 2.30. The lowest BCUT2D eigenvalue weighted by Gasteiger charge is -2.06. The van der Waals surface area contributed by atoms with E-state index in [-0.39, 0.29) is 5.69 Å². The summed E-state index contributed by atoms with van der Waals surface area (Å²) >= 11 is 1.25.